The molecule has 2 N–H and O–H groups in total. The number of carboxylic acids is 1. The van der Waals surface area contributed by atoms with Crippen molar-refractivity contribution < 1.29 is 27.9 Å². The molecule has 1 saturated carbocycles. The molecule has 2 unspecified atom stereocenters. The van der Waals surface area contributed by atoms with Crippen molar-refractivity contribution in [2.45, 2.75) is 41.5 Å². The third kappa shape index (κ3) is 7.40. The lowest BCUT2D eigenvalue weighted by Gasteiger charge is -2.16. The molecule has 1 saturated heterocycles. The summed E-state index contributed by atoms with van der Waals surface area (Å²) in [4.78, 5) is 21.2. The van der Waals surface area contributed by atoms with Gasteiger partial charge in [0.2, 0.25) is 6.41 Å². The Hall–Kier alpha value is -2.25. The number of benzene rings is 1. The number of likely N-dealkylation sites (tertiary alicyclic amines) is 1. The summed E-state index contributed by atoms with van der Waals surface area (Å²) >= 11 is 0. The smallest absolute Gasteiger partial charge is 0.300 e. The third-order valence-electron chi connectivity index (χ3n) is 4.66. The number of carbonyl (C=O) groups is 2. The van der Waals surface area contributed by atoms with Crippen LogP contribution in [0.1, 0.15) is 41.5 Å². The summed E-state index contributed by atoms with van der Waals surface area (Å²) in [5.41, 5.74) is 0.262. The van der Waals surface area contributed by atoms with E-state index in [1.807, 2.05) is 18.7 Å². The number of amides is 1. The van der Waals surface area contributed by atoms with Gasteiger partial charge in [0, 0.05) is 38.7 Å². The predicted octanol–water partition coefficient (Wildman–Crippen LogP) is 4.38. The Morgan fingerprint density at radius 3 is 1.93 bits per heavy atom. The van der Waals surface area contributed by atoms with Crippen LogP contribution in [-0.4, -0.2) is 42.0 Å². The number of piperidine rings is 1. The quantitative estimate of drug-likeness (QED) is 0.734. The highest BCUT2D eigenvalue weighted by Crippen LogP contribution is 2.61. The van der Waals surface area contributed by atoms with Gasteiger partial charge in [0.15, 0.2) is 11.6 Å². The van der Waals surface area contributed by atoms with Gasteiger partial charge >= 0.3 is 0 Å². The van der Waals surface area contributed by atoms with Crippen molar-refractivity contribution in [1.29, 1.82) is 0 Å². The molecule has 2 atom stereocenters. The van der Waals surface area contributed by atoms with Crippen molar-refractivity contribution >= 4 is 18.1 Å². The van der Waals surface area contributed by atoms with Crippen molar-refractivity contribution in [3.63, 3.8) is 0 Å². The predicted molar refractivity (Wildman–Crippen MR) is 104 cm³/mol. The van der Waals surface area contributed by atoms with Crippen molar-refractivity contribution in [2.75, 3.05) is 25.0 Å². The topological polar surface area (TPSA) is 69.6 Å². The molecule has 0 radical (unpaired) electrons. The molecular formula is C20H31F3N2O3. The molecule has 0 aromatic heterocycles. The van der Waals surface area contributed by atoms with E-state index in [0.29, 0.717) is 24.1 Å². The summed E-state index contributed by atoms with van der Waals surface area (Å²) in [6, 6.07) is 1.28. The number of nitrogens with one attached hydrogen (secondary N) is 1. The van der Waals surface area contributed by atoms with Gasteiger partial charge in [-0.05, 0) is 24.2 Å². The molecule has 1 aliphatic carbocycles. The number of carbonyl (C=O) groups excluding carboxylic acids is 1. The van der Waals surface area contributed by atoms with Gasteiger partial charge in [-0.25, -0.2) is 13.2 Å². The zero-order chi connectivity index (χ0) is 22.1. The molecule has 0 bridgehead atoms. The number of nitrogens with zero attached hydrogens (tertiary/aromatic N) is 1. The highest BCUT2D eigenvalue weighted by atomic mass is 19.1. The van der Waals surface area contributed by atoms with Gasteiger partial charge in [0.1, 0.15) is 11.5 Å². The number of hydrogen-bond donors (Lipinski definition) is 2. The summed E-state index contributed by atoms with van der Waals surface area (Å²) < 4.78 is 37.9. The van der Waals surface area contributed by atoms with E-state index in [-0.39, 0.29) is 5.69 Å². The van der Waals surface area contributed by atoms with Crippen LogP contribution in [-0.2, 0) is 9.59 Å². The van der Waals surface area contributed by atoms with Crippen LogP contribution in [0.2, 0.25) is 0 Å². The van der Waals surface area contributed by atoms with Crippen LogP contribution in [0.4, 0.5) is 18.9 Å². The minimum atomic E-state index is -0.911. The van der Waals surface area contributed by atoms with Gasteiger partial charge in [-0.2, -0.15) is 0 Å². The van der Waals surface area contributed by atoms with Crippen LogP contribution in [0, 0.1) is 34.7 Å². The fourth-order valence-electron chi connectivity index (χ4n) is 3.14. The van der Waals surface area contributed by atoms with Crippen molar-refractivity contribution in [3.05, 3.63) is 29.6 Å². The molecule has 8 heteroatoms. The van der Waals surface area contributed by atoms with Gasteiger partial charge < -0.3 is 15.3 Å². The van der Waals surface area contributed by atoms with Crippen molar-refractivity contribution in [1.82, 2.24) is 4.90 Å². The van der Waals surface area contributed by atoms with Crippen LogP contribution in [0.15, 0.2) is 12.1 Å². The summed E-state index contributed by atoms with van der Waals surface area (Å²) in [6.45, 7) is 13.8. The molecule has 2 fully saturated rings. The molecule has 160 valence electrons. The van der Waals surface area contributed by atoms with Crippen LogP contribution >= 0.6 is 0 Å². The molecule has 1 aliphatic heterocycles. The van der Waals surface area contributed by atoms with E-state index in [1.54, 1.807) is 6.92 Å². The molecule has 5 nitrogen and oxygen atoms in total. The minimum absolute atomic E-state index is 0.279. The van der Waals surface area contributed by atoms with Gasteiger partial charge in [-0.15, -0.1) is 0 Å². The molecule has 0 spiro atoms. The Kier molecular flexibility index (Phi) is 10.6. The van der Waals surface area contributed by atoms with E-state index in [9.17, 15) is 18.0 Å². The number of hydrogen-bond acceptors (Lipinski definition) is 3. The van der Waals surface area contributed by atoms with Crippen LogP contribution in [0.5, 0.6) is 0 Å². The normalized spacial score (nSPS) is 20.1. The summed E-state index contributed by atoms with van der Waals surface area (Å²) in [7, 11) is 0. The lowest BCUT2D eigenvalue weighted by Crippen LogP contribution is -2.24. The fourth-order valence-corrected chi connectivity index (χ4v) is 3.14. The Bertz CT molecular complexity index is 613. The fraction of sp³-hybridized carbons (Fsp3) is 0.600. The summed E-state index contributed by atoms with van der Waals surface area (Å²) in [5.74, 6) is -1.95. The number of halogens is 3. The highest BCUT2D eigenvalue weighted by Gasteiger charge is 2.61. The van der Waals surface area contributed by atoms with Gasteiger partial charge in [0.05, 0.1) is 0 Å². The minimum Gasteiger partial charge on any atom is -0.481 e. The van der Waals surface area contributed by atoms with E-state index in [2.05, 4.69) is 19.2 Å². The first kappa shape index (κ1) is 25.8. The molecule has 1 heterocycles. The molecule has 28 heavy (non-hydrogen) atoms. The number of rotatable bonds is 3. The van der Waals surface area contributed by atoms with Crippen LogP contribution < -0.4 is 5.32 Å². The van der Waals surface area contributed by atoms with Gasteiger partial charge in [-0.1, -0.05) is 27.7 Å². The Morgan fingerprint density at radius 2 is 1.61 bits per heavy atom. The Morgan fingerprint density at radius 1 is 1.21 bits per heavy atom. The van der Waals surface area contributed by atoms with Crippen LogP contribution in [0.25, 0.3) is 0 Å². The second kappa shape index (κ2) is 11.6. The zero-order valence-corrected chi connectivity index (χ0v) is 17.4. The van der Waals surface area contributed by atoms with Gasteiger partial charge in [0.25, 0.3) is 5.97 Å². The SMILES string of the molecule is CC.CC(=O)O.CC1(C)C2CN(C=O)CC21.CCNc1c(F)cc(F)cc1F. The number of aliphatic carboxylic acids is 1. The lowest BCUT2D eigenvalue weighted by atomic mass is 10.1. The second-order valence-electron chi connectivity index (χ2n) is 6.89. The van der Waals surface area contributed by atoms with E-state index in [0.717, 1.165) is 38.3 Å². The number of fused-ring (bicyclic) bond motifs is 1. The van der Waals surface area contributed by atoms with E-state index >= 15 is 0 Å². The lowest BCUT2D eigenvalue weighted by molar-refractivity contribution is -0.134. The van der Waals surface area contributed by atoms with Crippen molar-refractivity contribution in [2.24, 2.45) is 17.3 Å². The average Bonchev–Trinajstić information content (AvgIpc) is 2.97. The number of carboxylic acid groups (broad SMARTS) is 1. The summed E-state index contributed by atoms with van der Waals surface area (Å²) in [5, 5.41) is 9.87. The maximum Gasteiger partial charge on any atom is 0.300 e. The maximum atomic E-state index is 12.8. The first-order valence-electron chi connectivity index (χ1n) is 9.31. The Balaban J connectivity index is 0.000000412. The molecular weight excluding hydrogens is 373 g/mol. The maximum absolute atomic E-state index is 12.8. The number of anilines is 1. The largest absolute Gasteiger partial charge is 0.481 e. The second-order valence-corrected chi connectivity index (χ2v) is 6.89. The molecule has 1 aromatic rings. The zero-order valence-electron chi connectivity index (χ0n) is 17.4. The molecule has 1 aromatic carbocycles. The molecule has 3 rings (SSSR count). The van der Waals surface area contributed by atoms with Gasteiger partial charge in [-0.3, -0.25) is 9.59 Å². The average molecular weight is 404 g/mol. The highest BCUT2D eigenvalue weighted by molar-refractivity contribution is 5.62. The third-order valence-corrected chi connectivity index (χ3v) is 4.66. The first-order chi connectivity index (χ1) is 13.0. The molecule has 2 aliphatic rings. The standard InChI is InChI=1S/C8H8F3N.C8H13NO.C2H4O2.C2H6/c1-2-12-8-6(10)3-5(9)4-7(8)11;1-8(2)6-3-9(5-10)4-7(6)8;1-2(3)4;1-2/h3-4,12H,2H2,1H3;5-7H,3-4H2,1-2H3;1H3,(H,3,4);1-2H3. The molecule has 1 amide bonds. The van der Waals surface area contributed by atoms with Crippen molar-refractivity contribution in [3.8, 4) is 0 Å². The van der Waals surface area contributed by atoms with E-state index in [1.165, 1.54) is 0 Å². The van der Waals surface area contributed by atoms with E-state index in [4.69, 9.17) is 9.90 Å². The Labute approximate surface area is 164 Å². The monoisotopic (exact) mass is 404 g/mol. The van der Waals surface area contributed by atoms with Crippen LogP contribution in [0.3, 0.4) is 0 Å². The van der Waals surface area contributed by atoms with E-state index < -0.39 is 23.4 Å². The first-order valence-corrected chi connectivity index (χ1v) is 9.31. The summed E-state index contributed by atoms with van der Waals surface area (Å²) in [6.07, 6.45) is 0.974.